The van der Waals surface area contributed by atoms with Crippen molar-refractivity contribution in [3.63, 3.8) is 0 Å². The lowest BCUT2D eigenvalue weighted by Crippen LogP contribution is -2.58. The number of esters is 1. The van der Waals surface area contributed by atoms with Crippen LogP contribution in [0, 0.1) is 46.3 Å². The Hall–Kier alpha value is -0.980. The van der Waals surface area contributed by atoms with E-state index in [-0.39, 0.29) is 23.4 Å². The summed E-state index contributed by atoms with van der Waals surface area (Å²) in [5.74, 6) is 3.51. The molecule has 4 fully saturated rings. The van der Waals surface area contributed by atoms with E-state index in [2.05, 4.69) is 31.4 Å². The van der Waals surface area contributed by atoms with Crippen molar-refractivity contribution in [1.82, 2.24) is 10.6 Å². The van der Waals surface area contributed by atoms with Crippen LogP contribution in [0.15, 0.2) is 0 Å². The number of hydrogen-bond acceptors (Lipinski definition) is 6. The van der Waals surface area contributed by atoms with Crippen LogP contribution >= 0.6 is 0 Å². The van der Waals surface area contributed by atoms with E-state index in [1.165, 1.54) is 44.9 Å². The molecule has 4 N–H and O–H groups in total. The fraction of sp³-hybridized carbons (Fsp3) is 0.939. The average Bonchev–Trinajstić information content (AvgIpc) is 3.24. The number of rotatable bonds is 13. The van der Waals surface area contributed by atoms with Crippen LogP contribution in [0.5, 0.6) is 0 Å². The molecule has 5 unspecified atom stereocenters. The lowest BCUT2D eigenvalue weighted by atomic mass is 9.44. The molecule has 4 saturated carbocycles. The van der Waals surface area contributed by atoms with Crippen molar-refractivity contribution < 1.29 is 14.3 Å². The Balaban J connectivity index is 1.33. The van der Waals surface area contributed by atoms with E-state index in [0.29, 0.717) is 53.3 Å². The van der Waals surface area contributed by atoms with Crippen molar-refractivity contribution in [3.05, 3.63) is 0 Å². The molecule has 0 spiro atoms. The van der Waals surface area contributed by atoms with Crippen molar-refractivity contribution >= 4 is 11.8 Å². The van der Waals surface area contributed by atoms with E-state index in [0.717, 1.165) is 51.9 Å². The van der Waals surface area contributed by atoms with E-state index in [1.54, 1.807) is 0 Å². The standard InChI is InChI=1S/C33H59N3O3/c1-22(2)39-30(38)11-8-23(3)26-9-10-27-31-28(13-15-33(26,27)5)32(4)14-12-25(20-24(32)21-29(31)37)36-19-7-18-35-17-6-16-34/h22-28,31,35-36H,6-21,34H2,1-5H3/t23-,24?,25?,26-,27?,28?,31?,32+,33-/m1/s1. The van der Waals surface area contributed by atoms with Gasteiger partial charge in [0.25, 0.3) is 0 Å². The maximum Gasteiger partial charge on any atom is 0.306 e. The van der Waals surface area contributed by atoms with Gasteiger partial charge in [-0.05, 0) is 145 Å². The summed E-state index contributed by atoms with van der Waals surface area (Å²) < 4.78 is 5.40. The third-order valence-corrected chi connectivity index (χ3v) is 11.9. The van der Waals surface area contributed by atoms with E-state index in [9.17, 15) is 9.59 Å². The van der Waals surface area contributed by atoms with Gasteiger partial charge in [-0.25, -0.2) is 0 Å². The highest BCUT2D eigenvalue weighted by molar-refractivity contribution is 5.83. The summed E-state index contributed by atoms with van der Waals surface area (Å²) >= 11 is 0. The van der Waals surface area contributed by atoms with Gasteiger partial charge in [0.2, 0.25) is 0 Å². The summed E-state index contributed by atoms with van der Waals surface area (Å²) in [6.07, 6.45) is 12.9. The Bertz CT molecular complexity index is 833. The van der Waals surface area contributed by atoms with E-state index < -0.39 is 0 Å². The lowest BCUT2D eigenvalue weighted by molar-refractivity contribution is -0.157. The van der Waals surface area contributed by atoms with Crippen molar-refractivity contribution in [3.8, 4) is 0 Å². The Morgan fingerprint density at radius 3 is 2.46 bits per heavy atom. The van der Waals surface area contributed by atoms with Crippen LogP contribution < -0.4 is 16.4 Å². The number of fused-ring (bicyclic) bond motifs is 5. The molecule has 0 saturated heterocycles. The normalized spacial score (nSPS) is 38.7. The molecule has 0 aliphatic heterocycles. The molecular weight excluding hydrogens is 486 g/mol. The summed E-state index contributed by atoms with van der Waals surface area (Å²) in [5, 5.41) is 7.31. The number of carbonyl (C=O) groups excluding carboxylic acids is 2. The third kappa shape index (κ3) is 6.75. The minimum absolute atomic E-state index is 0.0429. The molecular formula is C33H59N3O3. The zero-order valence-corrected chi connectivity index (χ0v) is 25.7. The quantitative estimate of drug-likeness (QED) is 0.210. The summed E-state index contributed by atoms with van der Waals surface area (Å²) in [4.78, 5) is 26.1. The molecule has 0 heterocycles. The molecule has 9 atom stereocenters. The summed E-state index contributed by atoms with van der Waals surface area (Å²) in [6.45, 7) is 15.1. The molecule has 6 nitrogen and oxygen atoms in total. The second-order valence-electron chi connectivity index (χ2n) is 14.6. The first kappa shape index (κ1) is 31.0. The highest BCUT2D eigenvalue weighted by atomic mass is 16.5. The van der Waals surface area contributed by atoms with Gasteiger partial charge in [0.05, 0.1) is 6.10 Å². The topological polar surface area (TPSA) is 93.5 Å². The third-order valence-electron chi connectivity index (χ3n) is 11.9. The number of Topliss-reactive ketones (excluding diaryl/α,β-unsaturated/α-hetero) is 1. The fourth-order valence-electron chi connectivity index (χ4n) is 9.83. The Kier molecular flexibility index (Phi) is 10.6. The first-order valence-electron chi connectivity index (χ1n) is 16.5. The maximum absolute atomic E-state index is 13.9. The van der Waals surface area contributed by atoms with Crippen LogP contribution in [0.25, 0.3) is 0 Å². The minimum Gasteiger partial charge on any atom is -0.463 e. The number of carbonyl (C=O) groups is 2. The second-order valence-corrected chi connectivity index (χ2v) is 14.6. The zero-order valence-electron chi connectivity index (χ0n) is 25.7. The monoisotopic (exact) mass is 545 g/mol. The van der Waals surface area contributed by atoms with Gasteiger partial charge in [-0.3, -0.25) is 9.59 Å². The Labute approximate surface area is 238 Å². The number of nitrogens with two attached hydrogens (primary N) is 1. The fourth-order valence-corrected chi connectivity index (χ4v) is 9.83. The van der Waals surface area contributed by atoms with Crippen LogP contribution in [-0.2, 0) is 14.3 Å². The minimum atomic E-state index is -0.0639. The number of ether oxygens (including phenoxy) is 1. The van der Waals surface area contributed by atoms with E-state index >= 15 is 0 Å². The maximum atomic E-state index is 13.9. The van der Waals surface area contributed by atoms with Crippen LogP contribution in [0.4, 0.5) is 0 Å². The van der Waals surface area contributed by atoms with Gasteiger partial charge in [-0.15, -0.1) is 0 Å². The van der Waals surface area contributed by atoms with E-state index in [1.807, 2.05) is 13.8 Å². The van der Waals surface area contributed by atoms with Crippen molar-refractivity contribution in [2.75, 3.05) is 26.2 Å². The first-order valence-corrected chi connectivity index (χ1v) is 16.5. The predicted molar refractivity (Wildman–Crippen MR) is 158 cm³/mol. The van der Waals surface area contributed by atoms with Gasteiger partial charge in [0.1, 0.15) is 5.78 Å². The molecule has 0 amide bonds. The van der Waals surface area contributed by atoms with Crippen LogP contribution in [0.1, 0.15) is 112 Å². The highest BCUT2D eigenvalue weighted by Gasteiger charge is 2.63. The molecule has 0 aromatic carbocycles. The second kappa shape index (κ2) is 13.3. The summed E-state index contributed by atoms with van der Waals surface area (Å²) in [6, 6.07) is 0.560. The van der Waals surface area contributed by atoms with Crippen LogP contribution in [0.3, 0.4) is 0 Å². The zero-order chi connectivity index (χ0) is 28.2. The van der Waals surface area contributed by atoms with Gasteiger partial charge in [0, 0.05) is 24.8 Å². The van der Waals surface area contributed by atoms with Crippen molar-refractivity contribution in [1.29, 1.82) is 0 Å². The molecule has 4 aliphatic rings. The lowest BCUT2D eigenvalue weighted by Gasteiger charge is -2.60. The molecule has 39 heavy (non-hydrogen) atoms. The molecule has 0 aromatic rings. The molecule has 0 bridgehead atoms. The number of hydrogen-bond donors (Lipinski definition) is 3. The molecule has 224 valence electrons. The van der Waals surface area contributed by atoms with Gasteiger partial charge in [-0.1, -0.05) is 20.8 Å². The summed E-state index contributed by atoms with van der Waals surface area (Å²) in [5.41, 5.74) is 6.12. The molecule has 0 radical (unpaired) electrons. The van der Waals surface area contributed by atoms with Crippen molar-refractivity contribution in [2.45, 2.75) is 124 Å². The molecule has 0 aromatic heterocycles. The van der Waals surface area contributed by atoms with Gasteiger partial charge in [0.15, 0.2) is 0 Å². The van der Waals surface area contributed by atoms with Gasteiger partial charge < -0.3 is 21.1 Å². The highest BCUT2D eigenvalue weighted by Crippen LogP contribution is 2.67. The van der Waals surface area contributed by atoms with E-state index in [4.69, 9.17) is 10.5 Å². The summed E-state index contributed by atoms with van der Waals surface area (Å²) in [7, 11) is 0. The molecule has 6 heteroatoms. The van der Waals surface area contributed by atoms with Crippen molar-refractivity contribution in [2.24, 2.45) is 52.1 Å². The Morgan fingerprint density at radius 1 is 1.00 bits per heavy atom. The van der Waals surface area contributed by atoms with Gasteiger partial charge >= 0.3 is 5.97 Å². The number of ketones is 1. The predicted octanol–water partition coefficient (Wildman–Crippen LogP) is 5.48. The largest absolute Gasteiger partial charge is 0.463 e. The van der Waals surface area contributed by atoms with Gasteiger partial charge in [-0.2, -0.15) is 0 Å². The Morgan fingerprint density at radius 2 is 1.72 bits per heavy atom. The molecule has 4 aliphatic carbocycles. The van der Waals surface area contributed by atoms with Crippen LogP contribution in [-0.4, -0.2) is 50.1 Å². The SMILES string of the molecule is CC(C)OC(=O)CC[C@@H](C)[C@H]1CCC2C3C(=O)CC4CC(NCCCNCCCN)CC[C@]4(C)C3CC[C@@]21C. The number of nitrogens with one attached hydrogen (secondary N) is 2. The first-order chi connectivity index (χ1) is 18.6. The van der Waals surface area contributed by atoms with Crippen LogP contribution in [0.2, 0.25) is 0 Å². The molecule has 4 rings (SSSR count). The smallest absolute Gasteiger partial charge is 0.306 e. The average molecular weight is 546 g/mol.